The Labute approximate surface area is 202 Å². The third kappa shape index (κ3) is 12.7. The molecule has 190 valence electrons. The van der Waals surface area contributed by atoms with Gasteiger partial charge in [0, 0.05) is 6.42 Å². The number of thioether (sulfide) groups is 2. The molecular weight excluding hydrogens is 472 g/mol. The van der Waals surface area contributed by atoms with Crippen molar-refractivity contribution < 1.29 is 34.2 Å². The largest absolute Gasteiger partial charge is 0.481 e. The molecule has 11 nitrogen and oxygen atoms in total. The molecule has 0 bridgehead atoms. The number of amides is 3. The van der Waals surface area contributed by atoms with E-state index in [2.05, 4.69) is 16.0 Å². The molecular formula is C20H36N4O7S2. The smallest absolute Gasteiger partial charge is 0.326 e. The van der Waals surface area contributed by atoms with Gasteiger partial charge in [-0.05, 0) is 49.2 Å². The van der Waals surface area contributed by atoms with Crippen LogP contribution in [0.3, 0.4) is 0 Å². The number of carbonyl (C=O) groups excluding carboxylic acids is 3. The highest BCUT2D eigenvalue weighted by Gasteiger charge is 2.31. The maximum Gasteiger partial charge on any atom is 0.326 e. The van der Waals surface area contributed by atoms with E-state index in [0.717, 1.165) is 0 Å². The second-order valence-corrected chi connectivity index (χ2v) is 9.76. The molecule has 33 heavy (non-hydrogen) atoms. The van der Waals surface area contributed by atoms with Gasteiger partial charge in [0.25, 0.3) is 0 Å². The van der Waals surface area contributed by atoms with Crippen LogP contribution >= 0.6 is 23.5 Å². The van der Waals surface area contributed by atoms with Gasteiger partial charge < -0.3 is 31.9 Å². The van der Waals surface area contributed by atoms with Crippen LogP contribution in [0.15, 0.2) is 0 Å². The zero-order valence-electron chi connectivity index (χ0n) is 19.5. The topological polar surface area (TPSA) is 188 Å². The van der Waals surface area contributed by atoms with Crippen molar-refractivity contribution in [3.63, 3.8) is 0 Å². The van der Waals surface area contributed by atoms with E-state index in [1.807, 2.05) is 12.5 Å². The Hall–Kier alpha value is -1.99. The summed E-state index contributed by atoms with van der Waals surface area (Å²) in [5.74, 6) is -3.41. The van der Waals surface area contributed by atoms with Crippen molar-refractivity contribution >= 4 is 53.2 Å². The summed E-state index contributed by atoms with van der Waals surface area (Å²) in [5, 5.41) is 25.7. The molecule has 0 aromatic rings. The highest BCUT2D eigenvalue weighted by molar-refractivity contribution is 7.98. The van der Waals surface area contributed by atoms with Crippen molar-refractivity contribution in [3.8, 4) is 0 Å². The number of nitrogens with two attached hydrogens (primary N) is 1. The molecule has 3 amide bonds. The van der Waals surface area contributed by atoms with Gasteiger partial charge >= 0.3 is 11.9 Å². The molecule has 0 heterocycles. The van der Waals surface area contributed by atoms with Crippen LogP contribution in [0.25, 0.3) is 0 Å². The zero-order valence-corrected chi connectivity index (χ0v) is 21.1. The van der Waals surface area contributed by atoms with Crippen LogP contribution in [0, 0.1) is 5.92 Å². The summed E-state index contributed by atoms with van der Waals surface area (Å²) >= 11 is 2.93. The van der Waals surface area contributed by atoms with Crippen molar-refractivity contribution in [1.82, 2.24) is 16.0 Å². The minimum atomic E-state index is -1.17. The minimum Gasteiger partial charge on any atom is -0.481 e. The lowest BCUT2D eigenvalue weighted by Crippen LogP contribution is -2.57. The van der Waals surface area contributed by atoms with E-state index in [1.165, 1.54) is 23.5 Å². The number of hydrogen-bond acceptors (Lipinski definition) is 8. The minimum absolute atomic E-state index is 0.0808. The maximum atomic E-state index is 12.9. The Balaban J connectivity index is 5.38. The highest BCUT2D eigenvalue weighted by atomic mass is 32.2. The summed E-state index contributed by atoms with van der Waals surface area (Å²) < 4.78 is 0. The number of carboxylic acid groups (broad SMARTS) is 2. The molecule has 0 saturated heterocycles. The molecule has 4 atom stereocenters. The predicted octanol–water partition coefficient (Wildman–Crippen LogP) is -0.120. The van der Waals surface area contributed by atoms with Crippen LogP contribution in [0.1, 0.15) is 39.5 Å². The van der Waals surface area contributed by atoms with Gasteiger partial charge in [0.15, 0.2) is 0 Å². The van der Waals surface area contributed by atoms with E-state index >= 15 is 0 Å². The average molecular weight is 509 g/mol. The number of aliphatic carboxylic acids is 2. The van der Waals surface area contributed by atoms with E-state index in [-0.39, 0.29) is 31.6 Å². The van der Waals surface area contributed by atoms with Crippen molar-refractivity contribution in [2.45, 2.75) is 63.7 Å². The van der Waals surface area contributed by atoms with E-state index in [9.17, 15) is 29.1 Å². The normalized spacial score (nSPS) is 14.6. The monoisotopic (exact) mass is 508 g/mol. The summed E-state index contributed by atoms with van der Waals surface area (Å²) in [6, 6.07) is -4.17. The molecule has 0 aliphatic rings. The third-order valence-electron chi connectivity index (χ3n) is 4.72. The Morgan fingerprint density at radius 3 is 1.64 bits per heavy atom. The lowest BCUT2D eigenvalue weighted by molar-refractivity contribution is -0.143. The van der Waals surface area contributed by atoms with E-state index < -0.39 is 53.8 Å². The molecule has 0 radical (unpaired) electrons. The Morgan fingerprint density at radius 2 is 1.24 bits per heavy atom. The molecule has 0 rings (SSSR count). The Morgan fingerprint density at radius 1 is 0.788 bits per heavy atom. The second kappa shape index (κ2) is 16.6. The van der Waals surface area contributed by atoms with Gasteiger partial charge in [0.1, 0.15) is 18.1 Å². The molecule has 0 aromatic heterocycles. The van der Waals surface area contributed by atoms with Crippen LogP contribution < -0.4 is 21.7 Å². The molecule has 0 fully saturated rings. The predicted molar refractivity (Wildman–Crippen MR) is 129 cm³/mol. The first-order valence-corrected chi connectivity index (χ1v) is 13.3. The SMILES string of the molecule is CSCCC(NC(=O)C(N)CCC(=O)O)C(=O)NC(CCSC)C(=O)NC(C(=O)O)C(C)C. The van der Waals surface area contributed by atoms with Crippen molar-refractivity contribution in [3.05, 3.63) is 0 Å². The number of nitrogens with one attached hydrogen (secondary N) is 3. The third-order valence-corrected chi connectivity index (χ3v) is 6.01. The molecule has 0 aromatic carbocycles. The molecule has 4 unspecified atom stereocenters. The lowest BCUT2D eigenvalue weighted by Gasteiger charge is -2.26. The number of carboxylic acids is 2. The lowest BCUT2D eigenvalue weighted by atomic mass is 10.0. The number of rotatable bonds is 17. The van der Waals surface area contributed by atoms with Crippen LogP contribution in [-0.2, 0) is 24.0 Å². The molecule has 13 heteroatoms. The van der Waals surface area contributed by atoms with Gasteiger partial charge in [-0.15, -0.1) is 0 Å². The quantitative estimate of drug-likeness (QED) is 0.154. The molecule has 7 N–H and O–H groups in total. The van der Waals surface area contributed by atoms with E-state index in [0.29, 0.717) is 11.5 Å². The number of hydrogen-bond donors (Lipinski definition) is 6. The van der Waals surface area contributed by atoms with Crippen molar-refractivity contribution in [1.29, 1.82) is 0 Å². The molecule has 0 saturated carbocycles. The zero-order chi connectivity index (χ0) is 25.6. The van der Waals surface area contributed by atoms with E-state index in [1.54, 1.807) is 13.8 Å². The van der Waals surface area contributed by atoms with Crippen LogP contribution in [0.5, 0.6) is 0 Å². The van der Waals surface area contributed by atoms with Gasteiger partial charge in [-0.3, -0.25) is 19.2 Å². The highest BCUT2D eigenvalue weighted by Crippen LogP contribution is 2.08. The molecule has 0 aliphatic heterocycles. The summed E-state index contributed by atoms with van der Waals surface area (Å²) in [6.07, 6.45) is 3.85. The number of carbonyl (C=O) groups is 5. The fraction of sp³-hybridized carbons (Fsp3) is 0.750. The van der Waals surface area contributed by atoms with Gasteiger partial charge in [-0.1, -0.05) is 13.8 Å². The van der Waals surface area contributed by atoms with Crippen molar-refractivity contribution in [2.75, 3.05) is 24.0 Å². The molecule has 0 aliphatic carbocycles. The van der Waals surface area contributed by atoms with Gasteiger partial charge in [0.2, 0.25) is 17.7 Å². The Kier molecular flexibility index (Phi) is 15.6. The first-order valence-electron chi connectivity index (χ1n) is 10.5. The average Bonchev–Trinajstić information content (AvgIpc) is 2.74. The van der Waals surface area contributed by atoms with Gasteiger partial charge in [-0.2, -0.15) is 23.5 Å². The Bertz CT molecular complexity index is 679. The summed E-state index contributed by atoms with van der Waals surface area (Å²) in [4.78, 5) is 60.2. The summed E-state index contributed by atoms with van der Waals surface area (Å²) in [5.41, 5.74) is 5.73. The standard InChI is InChI=1S/C20H36N4O7S2/c1-11(2)16(20(30)31)24-19(29)14(8-10-33-4)23-18(28)13(7-9-32-3)22-17(27)12(21)5-6-15(25)26/h11-14,16H,5-10,21H2,1-4H3,(H,22,27)(H,23,28)(H,24,29)(H,25,26)(H,30,31). The fourth-order valence-corrected chi connectivity index (χ4v) is 3.68. The van der Waals surface area contributed by atoms with Gasteiger partial charge in [0.05, 0.1) is 6.04 Å². The maximum absolute atomic E-state index is 12.9. The van der Waals surface area contributed by atoms with Crippen LogP contribution in [0.2, 0.25) is 0 Å². The first-order chi connectivity index (χ1) is 15.4. The fourth-order valence-electron chi connectivity index (χ4n) is 2.74. The molecule has 0 spiro atoms. The summed E-state index contributed by atoms with van der Waals surface area (Å²) in [7, 11) is 0. The van der Waals surface area contributed by atoms with Crippen LogP contribution in [0.4, 0.5) is 0 Å². The first kappa shape index (κ1) is 31.0. The van der Waals surface area contributed by atoms with Crippen molar-refractivity contribution in [2.24, 2.45) is 11.7 Å². The van der Waals surface area contributed by atoms with E-state index in [4.69, 9.17) is 10.8 Å². The van der Waals surface area contributed by atoms with Crippen LogP contribution in [-0.4, -0.2) is 88.1 Å². The second-order valence-electron chi connectivity index (χ2n) is 7.79. The van der Waals surface area contributed by atoms with Gasteiger partial charge in [-0.25, -0.2) is 4.79 Å². The summed E-state index contributed by atoms with van der Waals surface area (Å²) in [6.45, 7) is 3.33.